The van der Waals surface area contributed by atoms with Gasteiger partial charge in [0.1, 0.15) is 4.88 Å². The summed E-state index contributed by atoms with van der Waals surface area (Å²) in [5, 5.41) is 3.37. The zero-order valence-electron chi connectivity index (χ0n) is 9.53. The maximum Gasteiger partial charge on any atom is 0.348 e. The third-order valence-electron chi connectivity index (χ3n) is 2.85. The van der Waals surface area contributed by atoms with Gasteiger partial charge in [0.2, 0.25) is 0 Å². The van der Waals surface area contributed by atoms with Crippen LogP contribution in [0.15, 0.2) is 12.1 Å². The Morgan fingerprint density at radius 1 is 1.62 bits per heavy atom. The molecule has 88 valence electrons. The van der Waals surface area contributed by atoms with E-state index < -0.39 is 0 Å². The highest BCUT2D eigenvalue weighted by atomic mass is 32.1. The van der Waals surface area contributed by atoms with E-state index in [0.29, 0.717) is 10.9 Å². The van der Waals surface area contributed by atoms with Gasteiger partial charge in [-0.3, -0.25) is 4.90 Å². The molecule has 1 saturated heterocycles. The Kier molecular flexibility index (Phi) is 3.58. The van der Waals surface area contributed by atoms with E-state index in [-0.39, 0.29) is 5.97 Å². The first-order chi connectivity index (χ1) is 7.72. The average Bonchev–Trinajstić information content (AvgIpc) is 2.78. The quantitative estimate of drug-likeness (QED) is 0.786. The number of hydrogen-bond acceptors (Lipinski definition) is 5. The minimum Gasteiger partial charge on any atom is -0.465 e. The van der Waals surface area contributed by atoms with Crippen LogP contribution in [-0.4, -0.2) is 44.7 Å². The number of nitrogens with one attached hydrogen (secondary N) is 1. The lowest BCUT2D eigenvalue weighted by Crippen LogP contribution is -2.43. The number of carbonyl (C=O) groups is 1. The Morgan fingerprint density at radius 2 is 2.44 bits per heavy atom. The topological polar surface area (TPSA) is 41.6 Å². The van der Waals surface area contributed by atoms with Crippen LogP contribution >= 0.6 is 11.3 Å². The van der Waals surface area contributed by atoms with Gasteiger partial charge in [0.15, 0.2) is 0 Å². The summed E-state index contributed by atoms with van der Waals surface area (Å²) in [7, 11) is 3.53. The van der Waals surface area contributed by atoms with Crippen molar-refractivity contribution in [3.63, 3.8) is 0 Å². The third-order valence-corrected chi connectivity index (χ3v) is 4.02. The van der Waals surface area contributed by atoms with Gasteiger partial charge in [0.25, 0.3) is 0 Å². The number of methoxy groups -OCH3 is 1. The molecule has 1 N–H and O–H groups in total. The van der Waals surface area contributed by atoms with Crippen molar-refractivity contribution in [2.24, 2.45) is 0 Å². The standard InChI is InChI=1S/C11H16N2O2S/c1-13-6-5-12-7-8(13)9-3-4-10(16-9)11(14)15-2/h3-4,8,12H,5-7H2,1-2H3. The Hall–Kier alpha value is -0.910. The molecule has 0 radical (unpaired) electrons. The molecule has 2 rings (SSSR count). The van der Waals surface area contributed by atoms with Gasteiger partial charge in [0.05, 0.1) is 13.2 Å². The molecule has 1 unspecified atom stereocenters. The smallest absolute Gasteiger partial charge is 0.348 e. The lowest BCUT2D eigenvalue weighted by Gasteiger charge is -2.32. The van der Waals surface area contributed by atoms with Crippen LogP contribution in [0.2, 0.25) is 0 Å². The molecule has 1 aromatic heterocycles. The molecule has 2 heterocycles. The summed E-state index contributed by atoms with van der Waals surface area (Å²) < 4.78 is 4.71. The molecule has 0 spiro atoms. The second-order valence-corrected chi connectivity index (χ2v) is 5.01. The van der Waals surface area contributed by atoms with E-state index in [1.807, 2.05) is 12.1 Å². The van der Waals surface area contributed by atoms with E-state index in [1.54, 1.807) is 0 Å². The minimum absolute atomic E-state index is 0.248. The van der Waals surface area contributed by atoms with Crippen molar-refractivity contribution in [2.75, 3.05) is 33.8 Å². The van der Waals surface area contributed by atoms with Crippen LogP contribution in [0.25, 0.3) is 0 Å². The van der Waals surface area contributed by atoms with Gasteiger partial charge in [-0.05, 0) is 19.2 Å². The number of esters is 1. The van der Waals surface area contributed by atoms with Crippen LogP contribution in [0, 0.1) is 0 Å². The summed E-state index contributed by atoms with van der Waals surface area (Å²) in [6, 6.07) is 4.23. The van der Waals surface area contributed by atoms with Crippen molar-refractivity contribution in [3.8, 4) is 0 Å². The SMILES string of the molecule is COC(=O)c1ccc(C2CNCCN2C)s1. The number of thiophene rings is 1. The normalized spacial score (nSPS) is 22.0. The summed E-state index contributed by atoms with van der Waals surface area (Å²) in [6.07, 6.45) is 0. The molecule has 4 nitrogen and oxygen atoms in total. The first-order valence-corrected chi connectivity index (χ1v) is 6.13. The van der Waals surface area contributed by atoms with Crippen molar-refractivity contribution in [2.45, 2.75) is 6.04 Å². The highest BCUT2D eigenvalue weighted by Crippen LogP contribution is 2.28. The van der Waals surface area contributed by atoms with Crippen LogP contribution < -0.4 is 5.32 Å². The first-order valence-electron chi connectivity index (χ1n) is 5.31. The van der Waals surface area contributed by atoms with Gasteiger partial charge in [-0.2, -0.15) is 0 Å². The van der Waals surface area contributed by atoms with Gasteiger partial charge >= 0.3 is 5.97 Å². The van der Waals surface area contributed by atoms with Crippen molar-refractivity contribution >= 4 is 17.3 Å². The molecule has 5 heteroatoms. The molecule has 0 saturated carbocycles. The van der Waals surface area contributed by atoms with Crippen LogP contribution in [0.4, 0.5) is 0 Å². The lowest BCUT2D eigenvalue weighted by atomic mass is 10.2. The maximum atomic E-state index is 11.4. The molecule has 1 aromatic rings. The number of piperazine rings is 1. The summed E-state index contributed by atoms with van der Waals surface area (Å²) in [6.45, 7) is 3.01. The summed E-state index contributed by atoms with van der Waals surface area (Å²) in [5.74, 6) is -0.248. The van der Waals surface area contributed by atoms with E-state index in [2.05, 4.69) is 17.3 Å². The molecular weight excluding hydrogens is 224 g/mol. The number of hydrogen-bond donors (Lipinski definition) is 1. The molecular formula is C11H16N2O2S. The van der Waals surface area contributed by atoms with Gasteiger partial charge in [0, 0.05) is 24.5 Å². The largest absolute Gasteiger partial charge is 0.465 e. The first kappa shape index (κ1) is 11.6. The van der Waals surface area contributed by atoms with Crippen molar-refractivity contribution < 1.29 is 9.53 Å². The zero-order chi connectivity index (χ0) is 11.5. The highest BCUT2D eigenvalue weighted by Gasteiger charge is 2.22. The van der Waals surface area contributed by atoms with E-state index in [9.17, 15) is 4.79 Å². The van der Waals surface area contributed by atoms with Crippen LogP contribution in [0.3, 0.4) is 0 Å². The van der Waals surface area contributed by atoms with E-state index in [4.69, 9.17) is 4.74 Å². The van der Waals surface area contributed by atoms with E-state index >= 15 is 0 Å². The summed E-state index contributed by atoms with van der Waals surface area (Å²) in [5.41, 5.74) is 0. The Bertz CT molecular complexity index is 378. The van der Waals surface area contributed by atoms with Crippen LogP contribution in [0.5, 0.6) is 0 Å². The predicted molar refractivity (Wildman–Crippen MR) is 63.9 cm³/mol. The Labute approximate surface area is 99.2 Å². The third kappa shape index (κ3) is 2.26. The monoisotopic (exact) mass is 240 g/mol. The Morgan fingerprint density at radius 3 is 3.12 bits per heavy atom. The number of nitrogens with zero attached hydrogens (tertiary/aromatic N) is 1. The van der Waals surface area contributed by atoms with Crippen molar-refractivity contribution in [1.82, 2.24) is 10.2 Å². The maximum absolute atomic E-state index is 11.4. The average molecular weight is 240 g/mol. The van der Waals surface area contributed by atoms with Gasteiger partial charge in [-0.1, -0.05) is 0 Å². The van der Waals surface area contributed by atoms with Gasteiger partial charge in [-0.25, -0.2) is 4.79 Å². The molecule has 0 bridgehead atoms. The van der Waals surface area contributed by atoms with Crippen molar-refractivity contribution in [1.29, 1.82) is 0 Å². The van der Waals surface area contributed by atoms with E-state index in [1.165, 1.54) is 23.3 Å². The molecule has 0 amide bonds. The molecule has 0 aromatic carbocycles. The fourth-order valence-electron chi connectivity index (χ4n) is 1.87. The predicted octanol–water partition coefficient (Wildman–Crippen LogP) is 1.11. The molecule has 1 fully saturated rings. The second kappa shape index (κ2) is 4.95. The number of carbonyl (C=O) groups excluding carboxylic acids is 1. The molecule has 1 atom stereocenters. The highest BCUT2D eigenvalue weighted by molar-refractivity contribution is 7.14. The van der Waals surface area contributed by atoms with Crippen LogP contribution in [0.1, 0.15) is 20.6 Å². The fraction of sp³-hybridized carbons (Fsp3) is 0.545. The molecule has 0 aliphatic carbocycles. The minimum atomic E-state index is -0.248. The molecule has 1 aliphatic rings. The molecule has 16 heavy (non-hydrogen) atoms. The van der Waals surface area contributed by atoms with Gasteiger partial charge < -0.3 is 10.1 Å². The number of ether oxygens (including phenoxy) is 1. The zero-order valence-corrected chi connectivity index (χ0v) is 10.3. The summed E-state index contributed by atoms with van der Waals surface area (Å²) in [4.78, 5) is 15.6. The van der Waals surface area contributed by atoms with Gasteiger partial charge in [-0.15, -0.1) is 11.3 Å². The molecule has 1 aliphatic heterocycles. The number of rotatable bonds is 2. The Balaban J connectivity index is 2.14. The summed E-state index contributed by atoms with van der Waals surface area (Å²) >= 11 is 1.52. The van der Waals surface area contributed by atoms with Crippen LogP contribution in [-0.2, 0) is 4.74 Å². The van der Waals surface area contributed by atoms with E-state index in [0.717, 1.165) is 19.6 Å². The number of likely N-dealkylation sites (N-methyl/N-ethyl adjacent to an activating group) is 1. The van der Waals surface area contributed by atoms with Crippen molar-refractivity contribution in [3.05, 3.63) is 21.9 Å². The second-order valence-electron chi connectivity index (χ2n) is 3.89. The fourth-order valence-corrected chi connectivity index (χ4v) is 2.96. The lowest BCUT2D eigenvalue weighted by molar-refractivity contribution is 0.0606.